The van der Waals surface area contributed by atoms with E-state index in [-0.39, 0.29) is 23.7 Å². The van der Waals surface area contributed by atoms with Gasteiger partial charge in [-0.25, -0.2) is 4.98 Å². The zero-order chi connectivity index (χ0) is 13.3. The van der Waals surface area contributed by atoms with Crippen LogP contribution >= 0.6 is 11.3 Å². The third-order valence-electron chi connectivity index (χ3n) is 2.54. The highest BCUT2D eigenvalue weighted by atomic mass is 32.1. The third kappa shape index (κ3) is 2.53. The molecule has 1 aromatic heterocycles. The first-order valence-corrected chi connectivity index (χ1v) is 6.30. The van der Waals surface area contributed by atoms with Gasteiger partial charge in [-0.05, 0) is 0 Å². The minimum Gasteiger partial charge on any atom is -0.382 e. The predicted octanol–water partition coefficient (Wildman–Crippen LogP) is -0.590. The van der Waals surface area contributed by atoms with E-state index in [2.05, 4.69) is 15.6 Å². The van der Waals surface area contributed by atoms with Crippen molar-refractivity contribution in [3.05, 3.63) is 4.88 Å². The largest absolute Gasteiger partial charge is 0.382 e. The van der Waals surface area contributed by atoms with E-state index in [4.69, 9.17) is 5.73 Å². The number of nitrogens with two attached hydrogens (primary N) is 1. The number of carbonyl (C=O) groups is 2. The molecule has 2 amide bonds. The van der Waals surface area contributed by atoms with E-state index in [1.165, 1.54) is 11.3 Å². The van der Waals surface area contributed by atoms with E-state index >= 15 is 0 Å². The summed E-state index contributed by atoms with van der Waals surface area (Å²) in [5.74, 6) is -0.107. The number of thiazole rings is 1. The number of amides is 2. The molecule has 1 fully saturated rings. The number of aromatic nitrogens is 1. The molecule has 0 saturated carbocycles. The summed E-state index contributed by atoms with van der Waals surface area (Å²) in [6.07, 6.45) is 0.311. The molecule has 1 saturated heterocycles. The van der Waals surface area contributed by atoms with Crippen LogP contribution in [-0.4, -0.2) is 43.5 Å². The summed E-state index contributed by atoms with van der Waals surface area (Å²) in [6, 6.07) is -0.172. The van der Waals surface area contributed by atoms with Crippen LogP contribution < -0.4 is 21.3 Å². The Morgan fingerprint density at radius 1 is 1.61 bits per heavy atom. The van der Waals surface area contributed by atoms with Crippen LogP contribution in [0.15, 0.2) is 0 Å². The molecular weight excluding hydrogens is 254 g/mol. The molecule has 4 N–H and O–H groups in total. The Balaban J connectivity index is 2.06. The first-order chi connectivity index (χ1) is 8.47. The van der Waals surface area contributed by atoms with Crippen LogP contribution in [0, 0.1) is 0 Å². The molecule has 0 aromatic carbocycles. The second-order valence-electron chi connectivity index (χ2n) is 4.28. The van der Waals surface area contributed by atoms with Gasteiger partial charge in [-0.2, -0.15) is 0 Å². The summed E-state index contributed by atoms with van der Waals surface area (Å²) in [7, 11) is 3.67. The number of hydrogen-bond donors (Lipinski definition) is 3. The number of carbonyl (C=O) groups excluding carboxylic acids is 2. The maximum Gasteiger partial charge on any atom is 0.265 e. The molecule has 1 aliphatic heterocycles. The van der Waals surface area contributed by atoms with Gasteiger partial charge in [0.1, 0.15) is 10.7 Å². The minimum absolute atomic E-state index is 0.0495. The third-order valence-corrected chi connectivity index (χ3v) is 3.78. The van der Waals surface area contributed by atoms with Crippen LogP contribution in [0.2, 0.25) is 0 Å². The normalized spacial score (nSPS) is 18.6. The van der Waals surface area contributed by atoms with E-state index in [1.54, 1.807) is 4.90 Å². The number of anilines is 2. The van der Waals surface area contributed by atoms with Crippen molar-refractivity contribution in [2.45, 2.75) is 12.5 Å². The zero-order valence-electron chi connectivity index (χ0n) is 10.2. The Labute approximate surface area is 108 Å². The van der Waals surface area contributed by atoms with Crippen LogP contribution in [0.3, 0.4) is 0 Å². The maximum absolute atomic E-state index is 12.0. The molecule has 7 nitrogen and oxygen atoms in total. The summed E-state index contributed by atoms with van der Waals surface area (Å²) < 4.78 is 0. The standard InChI is InChI=1S/C10H15N5O2S/c1-15(2)10-14-8(11)7(18-10)9(17)13-5-3-6(16)12-4-5/h5H,3-4,11H2,1-2H3,(H,12,16)(H,13,17). The van der Waals surface area contributed by atoms with Crippen molar-refractivity contribution in [1.82, 2.24) is 15.6 Å². The van der Waals surface area contributed by atoms with Crippen LogP contribution in [0.1, 0.15) is 16.1 Å². The molecule has 8 heteroatoms. The van der Waals surface area contributed by atoms with Gasteiger partial charge in [0.05, 0.1) is 6.04 Å². The smallest absolute Gasteiger partial charge is 0.265 e. The van der Waals surface area contributed by atoms with Crippen molar-refractivity contribution < 1.29 is 9.59 Å². The molecule has 2 rings (SSSR count). The molecule has 18 heavy (non-hydrogen) atoms. The average Bonchev–Trinajstić information content (AvgIpc) is 2.85. The van der Waals surface area contributed by atoms with Gasteiger partial charge in [0.15, 0.2) is 5.13 Å². The summed E-state index contributed by atoms with van der Waals surface area (Å²) in [4.78, 5) is 29.3. The molecule has 1 atom stereocenters. The van der Waals surface area contributed by atoms with Crippen molar-refractivity contribution in [2.24, 2.45) is 0 Å². The first-order valence-electron chi connectivity index (χ1n) is 5.48. The first kappa shape index (κ1) is 12.6. The highest BCUT2D eigenvalue weighted by Gasteiger charge is 2.25. The van der Waals surface area contributed by atoms with Gasteiger partial charge in [-0.15, -0.1) is 0 Å². The lowest BCUT2D eigenvalue weighted by molar-refractivity contribution is -0.119. The fourth-order valence-electron chi connectivity index (χ4n) is 1.63. The molecule has 1 aliphatic rings. The molecule has 98 valence electrons. The summed E-state index contributed by atoms with van der Waals surface area (Å²) in [5, 5.41) is 6.11. The topological polar surface area (TPSA) is 100 Å². The summed E-state index contributed by atoms with van der Waals surface area (Å²) >= 11 is 1.23. The Morgan fingerprint density at radius 2 is 2.33 bits per heavy atom. The Morgan fingerprint density at radius 3 is 2.83 bits per heavy atom. The van der Waals surface area contributed by atoms with E-state index < -0.39 is 0 Å². The van der Waals surface area contributed by atoms with E-state index in [9.17, 15) is 9.59 Å². The van der Waals surface area contributed by atoms with Gasteiger partial charge in [0.25, 0.3) is 5.91 Å². The molecular formula is C10H15N5O2S. The Hall–Kier alpha value is -1.83. The quantitative estimate of drug-likeness (QED) is 0.681. The predicted molar refractivity (Wildman–Crippen MR) is 69.7 cm³/mol. The molecule has 2 heterocycles. The average molecular weight is 269 g/mol. The van der Waals surface area contributed by atoms with Gasteiger partial charge in [0.2, 0.25) is 5.91 Å². The van der Waals surface area contributed by atoms with E-state index in [0.717, 1.165) is 0 Å². The van der Waals surface area contributed by atoms with Crippen LogP contribution in [-0.2, 0) is 4.79 Å². The van der Waals surface area contributed by atoms with Gasteiger partial charge in [0, 0.05) is 27.1 Å². The molecule has 1 unspecified atom stereocenters. The van der Waals surface area contributed by atoms with Crippen LogP contribution in [0.4, 0.5) is 10.9 Å². The van der Waals surface area contributed by atoms with Gasteiger partial charge in [-0.1, -0.05) is 11.3 Å². The second-order valence-corrected chi connectivity index (χ2v) is 5.26. The number of hydrogen-bond acceptors (Lipinski definition) is 6. The van der Waals surface area contributed by atoms with Crippen LogP contribution in [0.5, 0.6) is 0 Å². The maximum atomic E-state index is 12.0. The summed E-state index contributed by atoms with van der Waals surface area (Å²) in [6.45, 7) is 0.462. The van der Waals surface area contributed by atoms with Gasteiger partial charge in [-0.3, -0.25) is 9.59 Å². The molecule has 0 aliphatic carbocycles. The number of nitrogens with one attached hydrogen (secondary N) is 2. The van der Waals surface area contributed by atoms with Crippen molar-refractivity contribution in [1.29, 1.82) is 0 Å². The number of nitrogen functional groups attached to an aromatic ring is 1. The zero-order valence-corrected chi connectivity index (χ0v) is 11.0. The Bertz CT molecular complexity index is 485. The minimum atomic E-state index is -0.278. The molecule has 0 bridgehead atoms. The van der Waals surface area contributed by atoms with E-state index in [0.29, 0.717) is 23.0 Å². The number of rotatable bonds is 3. The monoisotopic (exact) mass is 269 g/mol. The fraction of sp³-hybridized carbons (Fsp3) is 0.500. The van der Waals surface area contributed by atoms with Crippen molar-refractivity contribution in [3.8, 4) is 0 Å². The van der Waals surface area contributed by atoms with Crippen molar-refractivity contribution >= 4 is 34.1 Å². The highest BCUT2D eigenvalue weighted by molar-refractivity contribution is 7.18. The lowest BCUT2D eigenvalue weighted by Crippen LogP contribution is -2.36. The highest BCUT2D eigenvalue weighted by Crippen LogP contribution is 2.26. The van der Waals surface area contributed by atoms with Crippen LogP contribution in [0.25, 0.3) is 0 Å². The molecule has 0 spiro atoms. The van der Waals surface area contributed by atoms with Crippen molar-refractivity contribution in [3.63, 3.8) is 0 Å². The lowest BCUT2D eigenvalue weighted by Gasteiger charge is -2.09. The van der Waals surface area contributed by atoms with E-state index in [1.807, 2.05) is 14.1 Å². The summed E-state index contributed by atoms with van der Waals surface area (Å²) in [5.41, 5.74) is 5.71. The SMILES string of the molecule is CN(C)c1nc(N)c(C(=O)NC2CNC(=O)C2)s1. The molecule has 1 aromatic rings. The second kappa shape index (κ2) is 4.81. The fourth-order valence-corrected chi connectivity index (χ4v) is 2.44. The van der Waals surface area contributed by atoms with Gasteiger partial charge < -0.3 is 21.3 Å². The number of nitrogens with zero attached hydrogens (tertiary/aromatic N) is 2. The molecule has 0 radical (unpaired) electrons. The lowest BCUT2D eigenvalue weighted by atomic mass is 10.2. The van der Waals surface area contributed by atoms with Gasteiger partial charge >= 0.3 is 0 Å². The Kier molecular flexibility index (Phi) is 3.37. The van der Waals surface area contributed by atoms with Crippen molar-refractivity contribution in [2.75, 3.05) is 31.3 Å².